The summed E-state index contributed by atoms with van der Waals surface area (Å²) in [5.41, 5.74) is -0.106. The zero-order valence-corrected chi connectivity index (χ0v) is 13.6. The summed E-state index contributed by atoms with van der Waals surface area (Å²) in [6.07, 6.45) is 4.90. The van der Waals surface area contributed by atoms with Gasteiger partial charge in [0.1, 0.15) is 10.7 Å². The van der Waals surface area contributed by atoms with E-state index in [2.05, 4.69) is 0 Å². The largest absolute Gasteiger partial charge is 0.381 e. The lowest BCUT2D eigenvalue weighted by Gasteiger charge is -2.43. The molecule has 1 aliphatic heterocycles. The van der Waals surface area contributed by atoms with Crippen molar-refractivity contribution in [2.45, 2.75) is 43.1 Å². The fourth-order valence-corrected chi connectivity index (χ4v) is 5.70. The van der Waals surface area contributed by atoms with Crippen molar-refractivity contribution in [3.8, 4) is 0 Å². The molecule has 0 unspecified atom stereocenters. The van der Waals surface area contributed by atoms with Crippen LogP contribution >= 0.6 is 0 Å². The van der Waals surface area contributed by atoms with Crippen molar-refractivity contribution in [2.75, 3.05) is 20.2 Å². The highest BCUT2D eigenvalue weighted by molar-refractivity contribution is 7.89. The molecule has 2 aliphatic rings. The number of piperidine rings is 1. The SMILES string of the molecule is CO[C@@H]1CCC[C@@]12CCCN(S(=O)(=O)c1ccccc1F)C2. The summed E-state index contributed by atoms with van der Waals surface area (Å²) in [7, 11) is -2.09. The van der Waals surface area contributed by atoms with Crippen molar-refractivity contribution in [3.05, 3.63) is 30.1 Å². The van der Waals surface area contributed by atoms with Crippen LogP contribution in [0.5, 0.6) is 0 Å². The molecule has 6 heteroatoms. The first kappa shape index (κ1) is 15.9. The van der Waals surface area contributed by atoms with Crippen LogP contribution in [0.2, 0.25) is 0 Å². The van der Waals surface area contributed by atoms with E-state index in [0.717, 1.165) is 32.1 Å². The fraction of sp³-hybridized carbons (Fsp3) is 0.625. The number of sulfonamides is 1. The summed E-state index contributed by atoms with van der Waals surface area (Å²) < 4.78 is 46.5. The van der Waals surface area contributed by atoms with Crippen LogP contribution in [0.4, 0.5) is 4.39 Å². The molecule has 1 saturated carbocycles. The predicted octanol–water partition coefficient (Wildman–Crippen LogP) is 2.80. The molecule has 0 radical (unpaired) electrons. The molecular formula is C16H22FNO3S. The Morgan fingerprint density at radius 2 is 2.00 bits per heavy atom. The molecule has 0 N–H and O–H groups in total. The van der Waals surface area contributed by atoms with E-state index >= 15 is 0 Å². The molecule has 1 spiro atoms. The van der Waals surface area contributed by atoms with Gasteiger partial charge in [-0.05, 0) is 37.8 Å². The lowest BCUT2D eigenvalue weighted by Crippen LogP contribution is -2.49. The summed E-state index contributed by atoms with van der Waals surface area (Å²) in [4.78, 5) is -0.223. The minimum Gasteiger partial charge on any atom is -0.381 e. The number of halogens is 1. The Hall–Kier alpha value is -0.980. The molecule has 2 fully saturated rings. The topological polar surface area (TPSA) is 46.6 Å². The van der Waals surface area contributed by atoms with Gasteiger partial charge >= 0.3 is 0 Å². The summed E-state index contributed by atoms with van der Waals surface area (Å²) >= 11 is 0. The molecule has 0 aromatic heterocycles. The normalized spacial score (nSPS) is 30.0. The van der Waals surface area contributed by atoms with Crippen LogP contribution in [0, 0.1) is 11.2 Å². The summed E-state index contributed by atoms with van der Waals surface area (Å²) in [5.74, 6) is -0.683. The molecule has 1 heterocycles. The molecule has 1 aromatic carbocycles. The van der Waals surface area contributed by atoms with E-state index in [0.29, 0.717) is 13.1 Å². The molecule has 2 atom stereocenters. The molecule has 122 valence electrons. The predicted molar refractivity (Wildman–Crippen MR) is 81.5 cm³/mol. The van der Waals surface area contributed by atoms with E-state index in [9.17, 15) is 12.8 Å². The van der Waals surface area contributed by atoms with Gasteiger partial charge in [0.25, 0.3) is 0 Å². The highest BCUT2D eigenvalue weighted by Crippen LogP contribution is 2.47. The van der Waals surface area contributed by atoms with E-state index in [1.807, 2.05) is 0 Å². The summed E-state index contributed by atoms with van der Waals surface area (Å²) in [6.45, 7) is 0.886. The Kier molecular flexibility index (Phi) is 4.27. The van der Waals surface area contributed by atoms with Crippen LogP contribution < -0.4 is 0 Å². The minimum absolute atomic E-state index is 0.103. The first-order valence-electron chi connectivity index (χ1n) is 7.77. The average molecular weight is 327 g/mol. The number of benzene rings is 1. The molecule has 1 aromatic rings. The van der Waals surface area contributed by atoms with Gasteiger partial charge in [0.15, 0.2) is 0 Å². The van der Waals surface area contributed by atoms with E-state index < -0.39 is 15.8 Å². The zero-order chi connectivity index (χ0) is 15.8. The van der Waals surface area contributed by atoms with Gasteiger partial charge in [-0.3, -0.25) is 0 Å². The molecule has 1 saturated heterocycles. The van der Waals surface area contributed by atoms with E-state index in [4.69, 9.17) is 4.74 Å². The Labute approximate surface area is 131 Å². The van der Waals surface area contributed by atoms with Crippen LogP contribution in [-0.2, 0) is 14.8 Å². The number of ether oxygens (including phenoxy) is 1. The number of nitrogens with zero attached hydrogens (tertiary/aromatic N) is 1. The lowest BCUT2D eigenvalue weighted by molar-refractivity contribution is -0.0185. The summed E-state index contributed by atoms with van der Waals surface area (Å²) in [5, 5.41) is 0. The maximum Gasteiger partial charge on any atom is 0.246 e. The first-order chi connectivity index (χ1) is 10.5. The fourth-order valence-electron chi connectivity index (χ4n) is 4.06. The van der Waals surface area contributed by atoms with Crippen LogP contribution in [0.1, 0.15) is 32.1 Å². The first-order valence-corrected chi connectivity index (χ1v) is 9.21. The second-order valence-electron chi connectivity index (χ2n) is 6.35. The van der Waals surface area contributed by atoms with E-state index in [1.54, 1.807) is 13.2 Å². The number of hydrogen-bond donors (Lipinski definition) is 0. The van der Waals surface area contributed by atoms with Crippen molar-refractivity contribution in [1.82, 2.24) is 4.31 Å². The maximum absolute atomic E-state index is 13.9. The monoisotopic (exact) mass is 327 g/mol. The van der Waals surface area contributed by atoms with Crippen LogP contribution in [-0.4, -0.2) is 39.0 Å². The Balaban J connectivity index is 1.90. The molecule has 3 rings (SSSR count). The van der Waals surface area contributed by atoms with Gasteiger partial charge in [0.2, 0.25) is 10.0 Å². The molecule has 0 bridgehead atoms. The van der Waals surface area contributed by atoms with Gasteiger partial charge in [-0.15, -0.1) is 0 Å². The smallest absolute Gasteiger partial charge is 0.246 e. The van der Waals surface area contributed by atoms with Gasteiger partial charge in [0, 0.05) is 25.6 Å². The second kappa shape index (κ2) is 5.91. The van der Waals surface area contributed by atoms with Gasteiger partial charge in [-0.25, -0.2) is 12.8 Å². The van der Waals surface area contributed by atoms with Gasteiger partial charge in [-0.1, -0.05) is 18.6 Å². The maximum atomic E-state index is 13.9. The number of rotatable bonds is 3. The van der Waals surface area contributed by atoms with Crippen molar-refractivity contribution in [3.63, 3.8) is 0 Å². The number of hydrogen-bond acceptors (Lipinski definition) is 3. The van der Waals surface area contributed by atoms with E-state index in [-0.39, 0.29) is 16.4 Å². The zero-order valence-electron chi connectivity index (χ0n) is 12.8. The average Bonchev–Trinajstić information content (AvgIpc) is 2.89. The van der Waals surface area contributed by atoms with Crippen molar-refractivity contribution in [2.24, 2.45) is 5.41 Å². The second-order valence-corrected chi connectivity index (χ2v) is 8.26. The number of methoxy groups -OCH3 is 1. The molecule has 1 aliphatic carbocycles. The van der Waals surface area contributed by atoms with Gasteiger partial charge in [-0.2, -0.15) is 4.31 Å². The highest BCUT2D eigenvalue weighted by Gasteiger charge is 2.48. The molecule has 4 nitrogen and oxygen atoms in total. The van der Waals surface area contributed by atoms with Crippen LogP contribution in [0.3, 0.4) is 0 Å². The third-order valence-corrected chi connectivity index (χ3v) is 7.01. The minimum atomic E-state index is -3.79. The van der Waals surface area contributed by atoms with Crippen LogP contribution in [0.15, 0.2) is 29.2 Å². The van der Waals surface area contributed by atoms with Crippen molar-refractivity contribution in [1.29, 1.82) is 0 Å². The Morgan fingerprint density at radius 1 is 1.27 bits per heavy atom. The third kappa shape index (κ3) is 2.57. The Bertz CT molecular complexity index is 649. The van der Waals surface area contributed by atoms with Crippen molar-refractivity contribution < 1.29 is 17.5 Å². The quantitative estimate of drug-likeness (QED) is 0.857. The third-order valence-electron chi connectivity index (χ3n) is 5.14. The standard InChI is InChI=1S/C16H22FNO3S/c1-21-15-8-4-9-16(15)10-5-11-18(12-16)22(19,20)14-7-3-2-6-13(14)17/h2-3,6-7,15H,4-5,8-12H2,1H3/t15-,16+/m1/s1. The van der Waals surface area contributed by atoms with Crippen molar-refractivity contribution >= 4 is 10.0 Å². The molecule has 0 amide bonds. The summed E-state index contributed by atoms with van der Waals surface area (Å²) in [6, 6.07) is 5.60. The molecule has 22 heavy (non-hydrogen) atoms. The van der Waals surface area contributed by atoms with E-state index in [1.165, 1.54) is 22.5 Å². The van der Waals surface area contributed by atoms with Gasteiger partial charge in [0.05, 0.1) is 6.10 Å². The Morgan fingerprint density at radius 3 is 2.73 bits per heavy atom. The van der Waals surface area contributed by atoms with Gasteiger partial charge < -0.3 is 4.74 Å². The molecular weight excluding hydrogens is 305 g/mol. The lowest BCUT2D eigenvalue weighted by atomic mass is 9.77. The highest BCUT2D eigenvalue weighted by atomic mass is 32.2. The van der Waals surface area contributed by atoms with Crippen LogP contribution in [0.25, 0.3) is 0 Å².